The zero-order valence-corrected chi connectivity index (χ0v) is 10.9. The van der Waals surface area contributed by atoms with Gasteiger partial charge < -0.3 is 5.32 Å². The lowest BCUT2D eigenvalue weighted by atomic mass is 10.3. The minimum absolute atomic E-state index is 0.0766. The summed E-state index contributed by atoms with van der Waals surface area (Å²) in [6.07, 6.45) is 1.20. The Labute approximate surface area is 105 Å². The molecule has 0 saturated carbocycles. The second-order valence-corrected chi connectivity index (χ2v) is 5.73. The molecule has 1 aromatic rings. The fraction of sp³-hybridized carbons (Fsp3) is 0.455. The molecule has 0 heterocycles. The highest BCUT2D eigenvalue weighted by Gasteiger charge is 2.11. The molecule has 0 aliphatic rings. The van der Waals surface area contributed by atoms with Crippen molar-refractivity contribution >= 4 is 15.7 Å². The van der Waals surface area contributed by atoms with Gasteiger partial charge in [0, 0.05) is 6.07 Å². The van der Waals surface area contributed by atoms with Gasteiger partial charge in [-0.25, -0.2) is 17.2 Å². The lowest BCUT2D eigenvalue weighted by molar-refractivity contribution is 0.584. The van der Waals surface area contributed by atoms with Crippen molar-refractivity contribution < 1.29 is 17.2 Å². The molecule has 0 radical (unpaired) electrons. The summed E-state index contributed by atoms with van der Waals surface area (Å²) in [6.45, 7) is 0.726. The molecule has 0 aromatic heterocycles. The van der Waals surface area contributed by atoms with Crippen LogP contribution in [0.15, 0.2) is 18.2 Å². The Hall–Kier alpha value is -1.21. The van der Waals surface area contributed by atoms with Gasteiger partial charge in [0.15, 0.2) is 0 Å². The molecule has 0 saturated heterocycles. The highest BCUT2D eigenvalue weighted by atomic mass is 32.2. The number of nitrogens with one attached hydrogen (secondary N) is 2. The lowest BCUT2D eigenvalue weighted by Crippen LogP contribution is -2.18. The Balaban J connectivity index is 2.59. The zero-order chi connectivity index (χ0) is 13.6. The standard InChI is InChI=1S/C11H16F2N2O2S/c1-14-4-2-3-5-18(16,17)15-11-7-9(12)6-10(13)8-11/h6-8,14-15H,2-5H2,1H3. The molecule has 0 atom stereocenters. The number of hydrogen-bond donors (Lipinski definition) is 2. The molecule has 0 unspecified atom stereocenters. The van der Waals surface area contributed by atoms with E-state index in [1.165, 1.54) is 0 Å². The van der Waals surface area contributed by atoms with E-state index in [2.05, 4.69) is 10.0 Å². The van der Waals surface area contributed by atoms with Crippen LogP contribution in [0.4, 0.5) is 14.5 Å². The van der Waals surface area contributed by atoms with Crippen molar-refractivity contribution in [1.82, 2.24) is 5.32 Å². The van der Waals surface area contributed by atoms with Crippen LogP contribution in [0.2, 0.25) is 0 Å². The molecule has 0 aliphatic heterocycles. The molecular weight excluding hydrogens is 262 g/mol. The van der Waals surface area contributed by atoms with Crippen LogP contribution in [-0.2, 0) is 10.0 Å². The third-order valence-corrected chi connectivity index (χ3v) is 3.60. The number of hydrogen-bond acceptors (Lipinski definition) is 3. The first-order valence-corrected chi connectivity index (χ1v) is 7.19. The molecule has 0 aliphatic carbocycles. The maximum absolute atomic E-state index is 12.9. The zero-order valence-electron chi connectivity index (χ0n) is 10.0. The molecule has 0 bridgehead atoms. The second-order valence-electron chi connectivity index (χ2n) is 3.89. The molecule has 4 nitrogen and oxygen atoms in total. The first-order valence-electron chi connectivity index (χ1n) is 5.54. The summed E-state index contributed by atoms with van der Waals surface area (Å²) in [4.78, 5) is 0. The van der Waals surface area contributed by atoms with Crippen LogP contribution in [-0.4, -0.2) is 27.8 Å². The Morgan fingerprint density at radius 3 is 2.28 bits per heavy atom. The third kappa shape index (κ3) is 5.42. The minimum Gasteiger partial charge on any atom is -0.320 e. The molecular formula is C11H16F2N2O2S. The van der Waals surface area contributed by atoms with Crippen LogP contribution in [0.25, 0.3) is 0 Å². The van der Waals surface area contributed by atoms with Gasteiger partial charge in [0.2, 0.25) is 10.0 Å². The number of rotatable bonds is 7. The van der Waals surface area contributed by atoms with Gasteiger partial charge in [-0.1, -0.05) is 0 Å². The van der Waals surface area contributed by atoms with Crippen LogP contribution in [0.3, 0.4) is 0 Å². The molecule has 2 N–H and O–H groups in total. The quantitative estimate of drug-likeness (QED) is 0.746. The van der Waals surface area contributed by atoms with Gasteiger partial charge >= 0.3 is 0 Å². The van der Waals surface area contributed by atoms with Crippen molar-refractivity contribution in [2.45, 2.75) is 12.8 Å². The number of unbranched alkanes of at least 4 members (excludes halogenated alkanes) is 1. The minimum atomic E-state index is -3.56. The van der Waals surface area contributed by atoms with Crippen LogP contribution < -0.4 is 10.0 Å². The number of benzene rings is 1. The average molecular weight is 278 g/mol. The lowest BCUT2D eigenvalue weighted by Gasteiger charge is -2.08. The van der Waals surface area contributed by atoms with E-state index in [1.807, 2.05) is 0 Å². The van der Waals surface area contributed by atoms with E-state index in [9.17, 15) is 17.2 Å². The SMILES string of the molecule is CNCCCCS(=O)(=O)Nc1cc(F)cc(F)c1. The van der Waals surface area contributed by atoms with Gasteiger partial charge in [0.25, 0.3) is 0 Å². The van der Waals surface area contributed by atoms with Crippen LogP contribution >= 0.6 is 0 Å². The van der Waals surface area contributed by atoms with E-state index in [-0.39, 0.29) is 11.4 Å². The van der Waals surface area contributed by atoms with Crippen molar-refractivity contribution in [2.24, 2.45) is 0 Å². The van der Waals surface area contributed by atoms with Crippen LogP contribution in [0, 0.1) is 11.6 Å². The smallest absolute Gasteiger partial charge is 0.232 e. The first-order chi connectivity index (χ1) is 8.43. The third-order valence-electron chi connectivity index (χ3n) is 2.23. The van der Waals surface area contributed by atoms with E-state index < -0.39 is 21.7 Å². The van der Waals surface area contributed by atoms with Gasteiger partial charge in [-0.3, -0.25) is 4.72 Å². The predicted octanol–water partition coefficient (Wildman–Crippen LogP) is 1.71. The van der Waals surface area contributed by atoms with E-state index in [0.29, 0.717) is 12.5 Å². The number of halogens is 2. The van der Waals surface area contributed by atoms with Crippen LogP contribution in [0.5, 0.6) is 0 Å². The number of anilines is 1. The highest BCUT2D eigenvalue weighted by Crippen LogP contribution is 2.14. The van der Waals surface area contributed by atoms with Gasteiger partial charge in [-0.05, 0) is 38.6 Å². The van der Waals surface area contributed by atoms with Gasteiger partial charge in [-0.15, -0.1) is 0 Å². The molecule has 18 heavy (non-hydrogen) atoms. The van der Waals surface area contributed by atoms with Gasteiger partial charge in [0.1, 0.15) is 11.6 Å². The summed E-state index contributed by atoms with van der Waals surface area (Å²) < 4.78 is 51.1. The second kappa shape index (κ2) is 6.65. The summed E-state index contributed by atoms with van der Waals surface area (Å²) >= 11 is 0. The molecule has 0 amide bonds. The molecule has 102 valence electrons. The normalized spacial score (nSPS) is 11.5. The Bertz CT molecular complexity index is 472. The first kappa shape index (κ1) is 14.8. The summed E-state index contributed by atoms with van der Waals surface area (Å²) in [5, 5.41) is 2.90. The maximum Gasteiger partial charge on any atom is 0.232 e. The highest BCUT2D eigenvalue weighted by molar-refractivity contribution is 7.92. The number of sulfonamides is 1. The van der Waals surface area contributed by atoms with E-state index >= 15 is 0 Å². The Kier molecular flexibility index (Phi) is 5.49. The van der Waals surface area contributed by atoms with Crippen molar-refractivity contribution in [3.63, 3.8) is 0 Å². The monoisotopic (exact) mass is 278 g/mol. The van der Waals surface area contributed by atoms with Crippen LogP contribution in [0.1, 0.15) is 12.8 Å². The Morgan fingerprint density at radius 1 is 1.11 bits per heavy atom. The van der Waals surface area contributed by atoms with Crippen molar-refractivity contribution in [3.05, 3.63) is 29.8 Å². The molecule has 0 fully saturated rings. The van der Waals surface area contributed by atoms with E-state index in [0.717, 1.165) is 25.1 Å². The topological polar surface area (TPSA) is 58.2 Å². The average Bonchev–Trinajstić information content (AvgIpc) is 2.22. The van der Waals surface area contributed by atoms with E-state index in [4.69, 9.17) is 0 Å². The molecule has 1 aromatic carbocycles. The molecule has 1 rings (SSSR count). The predicted molar refractivity (Wildman–Crippen MR) is 66.9 cm³/mol. The summed E-state index contributed by atoms with van der Waals surface area (Å²) in [5.74, 6) is -1.71. The summed E-state index contributed by atoms with van der Waals surface area (Å²) in [6, 6.07) is 2.56. The largest absolute Gasteiger partial charge is 0.320 e. The van der Waals surface area contributed by atoms with E-state index in [1.54, 1.807) is 7.05 Å². The van der Waals surface area contributed by atoms with Crippen molar-refractivity contribution in [3.8, 4) is 0 Å². The Morgan fingerprint density at radius 2 is 1.72 bits per heavy atom. The summed E-state index contributed by atoms with van der Waals surface area (Å²) in [7, 11) is -1.78. The fourth-order valence-electron chi connectivity index (χ4n) is 1.44. The molecule has 0 spiro atoms. The van der Waals surface area contributed by atoms with Crippen molar-refractivity contribution in [2.75, 3.05) is 24.1 Å². The molecule has 7 heteroatoms. The van der Waals surface area contributed by atoms with Gasteiger partial charge in [0.05, 0.1) is 11.4 Å². The van der Waals surface area contributed by atoms with Gasteiger partial charge in [-0.2, -0.15) is 0 Å². The van der Waals surface area contributed by atoms with Crippen molar-refractivity contribution in [1.29, 1.82) is 0 Å². The summed E-state index contributed by atoms with van der Waals surface area (Å²) in [5.41, 5.74) is -0.0962. The maximum atomic E-state index is 12.9. The fourth-order valence-corrected chi connectivity index (χ4v) is 2.60.